The molecule has 0 spiro atoms. The van der Waals surface area contributed by atoms with Crippen molar-refractivity contribution in [2.45, 2.75) is 0 Å². The van der Waals surface area contributed by atoms with Crippen molar-refractivity contribution in [3.63, 3.8) is 0 Å². The average Bonchev–Trinajstić information content (AvgIpc) is 2.54. The number of hydrogen-bond donors (Lipinski definition) is 1. The van der Waals surface area contributed by atoms with E-state index in [9.17, 15) is 28.1 Å². The molecule has 126 valence electrons. The van der Waals surface area contributed by atoms with Gasteiger partial charge in [0.2, 0.25) is 0 Å². The first kappa shape index (κ1) is 17.3. The molecule has 0 aliphatic carbocycles. The van der Waals surface area contributed by atoms with E-state index >= 15 is 0 Å². The molecule has 0 fully saturated rings. The van der Waals surface area contributed by atoms with E-state index in [1.165, 1.54) is 17.0 Å². The van der Waals surface area contributed by atoms with Crippen LogP contribution in [0.3, 0.4) is 0 Å². The lowest BCUT2D eigenvalue weighted by Crippen LogP contribution is -2.19. The predicted octanol–water partition coefficient (Wildman–Crippen LogP) is 3.33. The number of halogens is 3. The first-order chi connectivity index (χ1) is 11.2. The van der Waals surface area contributed by atoms with E-state index < -0.39 is 34.0 Å². The summed E-state index contributed by atoms with van der Waals surface area (Å²) in [7, 11) is 3.21. The molecular weight excluding hydrogens is 327 g/mol. The van der Waals surface area contributed by atoms with Crippen LogP contribution in [0.25, 0.3) is 0 Å². The van der Waals surface area contributed by atoms with Gasteiger partial charge in [0.25, 0.3) is 11.6 Å². The number of benzene rings is 2. The summed E-state index contributed by atoms with van der Waals surface area (Å²) in [6.45, 7) is 0. The van der Waals surface area contributed by atoms with Gasteiger partial charge in [0.05, 0.1) is 16.2 Å². The molecule has 24 heavy (non-hydrogen) atoms. The molecule has 0 saturated carbocycles. The Bertz CT molecular complexity index is 825. The fourth-order valence-electron chi connectivity index (χ4n) is 2.02. The number of hydrogen-bond acceptors (Lipinski definition) is 4. The Hall–Kier alpha value is -3.10. The lowest BCUT2D eigenvalue weighted by molar-refractivity contribution is -0.384. The lowest BCUT2D eigenvalue weighted by Gasteiger charge is -2.17. The average molecular weight is 339 g/mol. The first-order valence-corrected chi connectivity index (χ1v) is 6.63. The van der Waals surface area contributed by atoms with Gasteiger partial charge in [0.1, 0.15) is 0 Å². The Balaban J connectivity index is 2.44. The zero-order chi connectivity index (χ0) is 18.0. The van der Waals surface area contributed by atoms with Gasteiger partial charge < -0.3 is 10.2 Å². The van der Waals surface area contributed by atoms with E-state index in [2.05, 4.69) is 5.32 Å². The number of nitro benzene ring substituents is 1. The van der Waals surface area contributed by atoms with Gasteiger partial charge in [-0.15, -0.1) is 0 Å². The van der Waals surface area contributed by atoms with Crippen molar-refractivity contribution < 1.29 is 22.9 Å². The highest BCUT2D eigenvalue weighted by molar-refractivity contribution is 6.08. The van der Waals surface area contributed by atoms with E-state index in [1.807, 2.05) is 0 Å². The fourth-order valence-corrected chi connectivity index (χ4v) is 2.02. The molecule has 9 heteroatoms. The number of carbonyl (C=O) groups excluding carboxylic acids is 1. The van der Waals surface area contributed by atoms with E-state index in [1.54, 1.807) is 14.1 Å². The van der Waals surface area contributed by atoms with Crippen molar-refractivity contribution in [1.82, 2.24) is 0 Å². The molecule has 0 aromatic heterocycles. The Labute approximate surface area is 134 Å². The molecule has 0 saturated heterocycles. The zero-order valence-corrected chi connectivity index (χ0v) is 12.6. The summed E-state index contributed by atoms with van der Waals surface area (Å²) < 4.78 is 39.8. The predicted molar refractivity (Wildman–Crippen MR) is 81.7 cm³/mol. The van der Waals surface area contributed by atoms with Crippen molar-refractivity contribution in [3.05, 3.63) is 63.5 Å². The molecule has 6 nitrogen and oxygen atoms in total. The number of nitrogens with zero attached hydrogens (tertiary/aromatic N) is 2. The molecule has 0 unspecified atom stereocenters. The second-order valence-electron chi connectivity index (χ2n) is 5.03. The van der Waals surface area contributed by atoms with Crippen LogP contribution < -0.4 is 10.2 Å². The van der Waals surface area contributed by atoms with Crippen molar-refractivity contribution >= 4 is 23.0 Å². The molecule has 2 aromatic carbocycles. The van der Waals surface area contributed by atoms with Crippen LogP contribution in [0.2, 0.25) is 0 Å². The summed E-state index contributed by atoms with van der Waals surface area (Å²) in [5.74, 6) is -5.57. The van der Waals surface area contributed by atoms with E-state index in [4.69, 9.17) is 0 Å². The highest BCUT2D eigenvalue weighted by Crippen LogP contribution is 2.26. The van der Waals surface area contributed by atoms with Gasteiger partial charge in [0, 0.05) is 31.9 Å². The monoisotopic (exact) mass is 339 g/mol. The third kappa shape index (κ3) is 3.29. The second-order valence-corrected chi connectivity index (χ2v) is 5.03. The fraction of sp³-hybridized carbons (Fsp3) is 0.133. The van der Waals surface area contributed by atoms with Crippen LogP contribution in [0.1, 0.15) is 10.4 Å². The SMILES string of the molecule is CN(C)c1ccc([N+](=O)[O-])cc1C(=O)Nc1ccc(F)c(F)c1F. The molecule has 0 aliphatic rings. The van der Waals surface area contributed by atoms with Crippen LogP contribution in [0.4, 0.5) is 30.2 Å². The molecule has 0 aliphatic heterocycles. The summed E-state index contributed by atoms with van der Waals surface area (Å²) in [5, 5.41) is 12.9. The van der Waals surface area contributed by atoms with Gasteiger partial charge >= 0.3 is 0 Å². The molecular formula is C15H12F3N3O3. The summed E-state index contributed by atoms with van der Waals surface area (Å²) in [6.07, 6.45) is 0. The Morgan fingerprint density at radius 2 is 1.79 bits per heavy atom. The normalized spacial score (nSPS) is 10.4. The van der Waals surface area contributed by atoms with Crippen molar-refractivity contribution in [2.24, 2.45) is 0 Å². The third-order valence-electron chi connectivity index (χ3n) is 3.20. The largest absolute Gasteiger partial charge is 0.377 e. The van der Waals surface area contributed by atoms with Gasteiger partial charge in [-0.3, -0.25) is 14.9 Å². The minimum atomic E-state index is -1.72. The zero-order valence-electron chi connectivity index (χ0n) is 12.6. The standard InChI is InChI=1S/C15H12F3N3O3/c1-20(2)12-6-3-8(21(23)24)7-9(12)15(22)19-11-5-4-10(16)13(17)14(11)18/h3-7H,1-2H3,(H,19,22). The topological polar surface area (TPSA) is 75.5 Å². The van der Waals surface area contributed by atoms with Gasteiger partial charge in [-0.05, 0) is 18.2 Å². The van der Waals surface area contributed by atoms with Crippen LogP contribution in [0, 0.1) is 27.6 Å². The number of carbonyl (C=O) groups is 1. The molecule has 2 rings (SSSR count). The highest BCUT2D eigenvalue weighted by atomic mass is 19.2. The van der Waals surface area contributed by atoms with Gasteiger partial charge in [-0.2, -0.15) is 0 Å². The Morgan fingerprint density at radius 3 is 2.38 bits per heavy atom. The van der Waals surface area contributed by atoms with E-state index in [0.717, 1.165) is 12.1 Å². The van der Waals surface area contributed by atoms with Crippen LogP contribution >= 0.6 is 0 Å². The van der Waals surface area contributed by atoms with Crippen LogP contribution in [0.15, 0.2) is 30.3 Å². The highest BCUT2D eigenvalue weighted by Gasteiger charge is 2.21. The molecule has 1 N–H and O–H groups in total. The minimum absolute atomic E-state index is 0.113. The number of nitro groups is 1. The van der Waals surface area contributed by atoms with Crippen molar-refractivity contribution in [1.29, 1.82) is 0 Å². The first-order valence-electron chi connectivity index (χ1n) is 6.63. The third-order valence-corrected chi connectivity index (χ3v) is 3.20. The Morgan fingerprint density at radius 1 is 1.12 bits per heavy atom. The molecule has 0 heterocycles. The summed E-state index contributed by atoms with van der Waals surface area (Å²) in [5.41, 5.74) is -0.689. The quantitative estimate of drug-likeness (QED) is 0.527. The van der Waals surface area contributed by atoms with Crippen molar-refractivity contribution in [2.75, 3.05) is 24.3 Å². The maximum atomic E-state index is 13.7. The number of anilines is 2. The number of rotatable bonds is 4. The summed E-state index contributed by atoms with van der Waals surface area (Å²) >= 11 is 0. The summed E-state index contributed by atoms with van der Waals surface area (Å²) in [4.78, 5) is 24.0. The smallest absolute Gasteiger partial charge is 0.270 e. The van der Waals surface area contributed by atoms with Crippen LogP contribution in [-0.4, -0.2) is 24.9 Å². The maximum Gasteiger partial charge on any atom is 0.270 e. The van der Waals surface area contributed by atoms with Gasteiger partial charge in [0.15, 0.2) is 17.5 Å². The molecule has 0 radical (unpaired) electrons. The molecule has 0 bridgehead atoms. The van der Waals surface area contributed by atoms with Crippen LogP contribution in [0.5, 0.6) is 0 Å². The minimum Gasteiger partial charge on any atom is -0.377 e. The number of nitrogens with one attached hydrogen (secondary N) is 1. The van der Waals surface area contributed by atoms with Crippen molar-refractivity contribution in [3.8, 4) is 0 Å². The van der Waals surface area contributed by atoms with E-state index in [0.29, 0.717) is 11.8 Å². The van der Waals surface area contributed by atoms with Gasteiger partial charge in [-0.25, -0.2) is 13.2 Å². The molecule has 2 aromatic rings. The molecule has 0 atom stereocenters. The maximum absolute atomic E-state index is 13.7. The summed E-state index contributed by atoms with van der Waals surface area (Å²) in [6, 6.07) is 5.11. The van der Waals surface area contributed by atoms with Gasteiger partial charge in [-0.1, -0.05) is 0 Å². The number of non-ortho nitro benzene ring substituents is 1. The van der Waals surface area contributed by atoms with Crippen LogP contribution in [-0.2, 0) is 0 Å². The Kier molecular flexibility index (Phi) is 4.72. The van der Waals surface area contributed by atoms with E-state index in [-0.39, 0.29) is 11.3 Å². The second kappa shape index (κ2) is 6.57. The number of amides is 1. The molecule has 1 amide bonds. The lowest BCUT2D eigenvalue weighted by atomic mass is 10.1.